The van der Waals surface area contributed by atoms with E-state index in [0.717, 1.165) is 23.2 Å². The second-order valence-electron chi connectivity index (χ2n) is 5.88. The zero-order valence-corrected chi connectivity index (χ0v) is 16.7. The van der Waals surface area contributed by atoms with Crippen LogP contribution in [-0.2, 0) is 0 Å². The average Bonchev–Trinajstić information content (AvgIpc) is 3.09. The number of hydrazone groups is 1. The van der Waals surface area contributed by atoms with Gasteiger partial charge in [0.2, 0.25) is 0 Å². The first-order valence-electron chi connectivity index (χ1n) is 8.55. The number of benzene rings is 2. The Kier molecular flexibility index (Phi) is 6.41. The van der Waals surface area contributed by atoms with E-state index in [-0.39, 0.29) is 5.82 Å². The molecule has 0 saturated heterocycles. The normalized spacial score (nSPS) is 11.6. The van der Waals surface area contributed by atoms with Crippen LogP contribution in [-0.4, -0.2) is 26.5 Å². The van der Waals surface area contributed by atoms with E-state index >= 15 is 0 Å². The van der Waals surface area contributed by atoms with Gasteiger partial charge in [-0.05, 0) is 73.8 Å². The molecule has 3 rings (SSSR count). The molecule has 0 aliphatic rings. The first-order valence-corrected chi connectivity index (χ1v) is 9.94. The summed E-state index contributed by atoms with van der Waals surface area (Å²) >= 11 is 7.03. The van der Waals surface area contributed by atoms with Gasteiger partial charge in [-0.1, -0.05) is 6.92 Å². The lowest BCUT2D eigenvalue weighted by Gasteiger charge is -2.07. The van der Waals surface area contributed by atoms with Crippen LogP contribution >= 0.6 is 24.0 Å². The van der Waals surface area contributed by atoms with E-state index in [1.54, 1.807) is 12.1 Å². The Hall–Kier alpha value is -2.45. The van der Waals surface area contributed by atoms with Gasteiger partial charge in [0, 0.05) is 10.6 Å². The van der Waals surface area contributed by atoms with Gasteiger partial charge in [0.15, 0.2) is 10.9 Å². The molecule has 0 aliphatic heterocycles. The van der Waals surface area contributed by atoms with Crippen molar-refractivity contribution < 1.29 is 4.39 Å². The lowest BCUT2D eigenvalue weighted by atomic mass is 10.3. The first kappa shape index (κ1) is 19.3. The molecule has 0 saturated carbocycles. The molecule has 0 amide bonds. The van der Waals surface area contributed by atoms with E-state index in [2.05, 4.69) is 44.9 Å². The number of nitrogens with one attached hydrogen (secondary N) is 3. The Balaban J connectivity index is 1.66. The van der Waals surface area contributed by atoms with Crippen molar-refractivity contribution in [1.29, 1.82) is 0 Å². The fourth-order valence-corrected chi connectivity index (χ4v) is 3.32. The molecule has 1 aromatic heterocycles. The van der Waals surface area contributed by atoms with E-state index in [0.29, 0.717) is 22.3 Å². The highest BCUT2D eigenvalue weighted by molar-refractivity contribution is 7.99. The highest BCUT2D eigenvalue weighted by atomic mass is 32.2. The van der Waals surface area contributed by atoms with E-state index in [1.807, 2.05) is 24.8 Å². The molecule has 0 aliphatic carbocycles. The van der Waals surface area contributed by atoms with E-state index in [9.17, 15) is 4.39 Å². The number of thioether (sulfide) groups is 1. The molecule has 2 aromatic carbocycles. The first-order chi connectivity index (χ1) is 13.0. The predicted molar refractivity (Wildman–Crippen MR) is 115 cm³/mol. The highest BCUT2D eigenvalue weighted by Crippen LogP contribution is 2.23. The minimum absolute atomic E-state index is 0.297. The van der Waals surface area contributed by atoms with Crippen LogP contribution in [0.1, 0.15) is 26.1 Å². The molecule has 5 nitrogen and oxygen atoms in total. The van der Waals surface area contributed by atoms with Gasteiger partial charge in [-0.2, -0.15) is 5.10 Å². The lowest BCUT2D eigenvalue weighted by molar-refractivity contribution is 0.628. The smallest absolute Gasteiger partial charge is 0.191 e. The number of anilines is 1. The monoisotopic (exact) mass is 401 g/mol. The number of H-pyrrole nitrogens is 1. The van der Waals surface area contributed by atoms with Gasteiger partial charge in [0.25, 0.3) is 0 Å². The van der Waals surface area contributed by atoms with Crippen molar-refractivity contribution in [3.8, 4) is 0 Å². The molecule has 0 radical (unpaired) electrons. The minimum atomic E-state index is -0.297. The summed E-state index contributed by atoms with van der Waals surface area (Å²) < 4.78 is 12.9. The van der Waals surface area contributed by atoms with Gasteiger partial charge in [0.1, 0.15) is 11.5 Å². The summed E-state index contributed by atoms with van der Waals surface area (Å²) in [6.07, 6.45) is 1.14. The van der Waals surface area contributed by atoms with Crippen molar-refractivity contribution in [1.82, 2.24) is 15.4 Å². The molecule has 0 spiro atoms. The maximum atomic E-state index is 12.9. The fraction of sp³-hybridized carbons (Fsp3) is 0.211. The van der Waals surface area contributed by atoms with Gasteiger partial charge < -0.3 is 10.3 Å². The Bertz CT molecular complexity index is 966. The molecule has 0 atom stereocenters. The molecule has 0 fully saturated rings. The summed E-state index contributed by atoms with van der Waals surface area (Å²) in [4.78, 5) is 9.08. The van der Waals surface area contributed by atoms with Crippen LogP contribution in [0.4, 0.5) is 10.1 Å². The lowest BCUT2D eigenvalue weighted by Crippen LogP contribution is -2.25. The summed E-state index contributed by atoms with van der Waals surface area (Å²) in [5.41, 5.74) is 6.01. The number of imidazole rings is 1. The minimum Gasteiger partial charge on any atom is -0.337 e. The van der Waals surface area contributed by atoms with E-state index in [1.165, 1.54) is 17.0 Å². The largest absolute Gasteiger partial charge is 0.337 e. The van der Waals surface area contributed by atoms with Crippen LogP contribution in [0.25, 0.3) is 11.0 Å². The number of aromatic amines is 1. The van der Waals surface area contributed by atoms with Crippen LogP contribution in [0.2, 0.25) is 0 Å². The molecular weight excluding hydrogens is 381 g/mol. The summed E-state index contributed by atoms with van der Waals surface area (Å²) in [5, 5.41) is 7.52. The molecule has 27 heavy (non-hydrogen) atoms. The number of hydrogen-bond acceptors (Lipinski definition) is 4. The van der Waals surface area contributed by atoms with E-state index in [4.69, 9.17) is 12.2 Å². The highest BCUT2D eigenvalue weighted by Gasteiger charge is 2.07. The second kappa shape index (κ2) is 8.96. The van der Waals surface area contributed by atoms with Crippen molar-refractivity contribution in [2.24, 2.45) is 5.10 Å². The number of rotatable bonds is 6. The second-order valence-corrected chi connectivity index (χ2v) is 7.46. The summed E-state index contributed by atoms with van der Waals surface area (Å²) in [6, 6.07) is 12.1. The van der Waals surface area contributed by atoms with Crippen molar-refractivity contribution in [2.75, 3.05) is 11.1 Å². The maximum absolute atomic E-state index is 12.9. The Morgan fingerprint density at radius 1 is 1.26 bits per heavy atom. The molecule has 8 heteroatoms. The van der Waals surface area contributed by atoms with Gasteiger partial charge in [-0.3, -0.25) is 5.43 Å². The molecule has 140 valence electrons. The third kappa shape index (κ3) is 5.27. The van der Waals surface area contributed by atoms with Gasteiger partial charge in [0.05, 0.1) is 11.0 Å². The Morgan fingerprint density at radius 2 is 2.04 bits per heavy atom. The molecular formula is C19H20FN5S2. The maximum Gasteiger partial charge on any atom is 0.191 e. The molecule has 3 N–H and O–H groups in total. The summed E-state index contributed by atoms with van der Waals surface area (Å²) in [7, 11) is 0. The zero-order chi connectivity index (χ0) is 19.2. The van der Waals surface area contributed by atoms with Crippen LogP contribution in [0.3, 0.4) is 0 Å². The van der Waals surface area contributed by atoms with Crippen molar-refractivity contribution in [3.63, 3.8) is 0 Å². The molecule has 1 heterocycles. The number of aromatic nitrogens is 2. The number of nitrogens with zero attached hydrogens (tertiary/aromatic N) is 2. The number of thiocarbonyl (C=S) groups is 1. The molecule has 0 unspecified atom stereocenters. The number of halogens is 1. The number of hydrogen-bond donors (Lipinski definition) is 3. The van der Waals surface area contributed by atoms with Gasteiger partial charge in [-0.25, -0.2) is 9.37 Å². The van der Waals surface area contributed by atoms with Crippen LogP contribution in [0.15, 0.2) is 52.5 Å². The van der Waals surface area contributed by atoms with Gasteiger partial charge >= 0.3 is 0 Å². The predicted octanol–water partition coefficient (Wildman–Crippen LogP) is 4.91. The summed E-state index contributed by atoms with van der Waals surface area (Å²) in [6.45, 7) is 4.01. The summed E-state index contributed by atoms with van der Waals surface area (Å²) in [5.74, 6) is 1.48. The molecule has 3 aromatic rings. The average molecular weight is 402 g/mol. The topological polar surface area (TPSA) is 65.1 Å². The Labute approximate surface area is 166 Å². The molecule has 0 bridgehead atoms. The van der Waals surface area contributed by atoms with Gasteiger partial charge in [-0.15, -0.1) is 11.8 Å². The third-order valence-corrected chi connectivity index (χ3v) is 5.09. The standard InChI is InChI=1S/C19H20FN5S2/c1-3-10-27-15-8-9-16-17(11-15)23-18(22-16)12(2)24-25-19(26)21-14-6-4-13(20)5-7-14/h4-9,11H,3,10H2,1-2H3,(H,22,23)(H2,21,25,26)/b24-12+. The van der Waals surface area contributed by atoms with Crippen molar-refractivity contribution >= 4 is 51.5 Å². The number of fused-ring (bicyclic) bond motifs is 1. The van der Waals surface area contributed by atoms with Crippen molar-refractivity contribution in [3.05, 3.63) is 54.1 Å². The quantitative estimate of drug-likeness (QED) is 0.237. The zero-order valence-electron chi connectivity index (χ0n) is 15.0. The van der Waals surface area contributed by atoms with Crippen LogP contribution < -0.4 is 10.7 Å². The third-order valence-electron chi connectivity index (χ3n) is 3.70. The van der Waals surface area contributed by atoms with Crippen molar-refractivity contribution in [2.45, 2.75) is 25.2 Å². The van der Waals surface area contributed by atoms with Crippen LogP contribution in [0.5, 0.6) is 0 Å². The van der Waals surface area contributed by atoms with E-state index < -0.39 is 0 Å². The SMILES string of the molecule is CCCSc1ccc2nc(/C(C)=N/NC(=S)Nc3ccc(F)cc3)[nH]c2c1. The van der Waals surface area contributed by atoms with Crippen LogP contribution in [0, 0.1) is 5.82 Å². The fourth-order valence-electron chi connectivity index (χ4n) is 2.35. The Morgan fingerprint density at radius 3 is 2.78 bits per heavy atom.